The number of hydrogen-bond acceptors (Lipinski definition) is 2. The lowest BCUT2D eigenvalue weighted by Gasteiger charge is -2.15. The van der Waals surface area contributed by atoms with E-state index in [1.54, 1.807) is 17.0 Å². The highest BCUT2D eigenvalue weighted by molar-refractivity contribution is 9.10. The van der Waals surface area contributed by atoms with Crippen molar-refractivity contribution >= 4 is 39.1 Å². The van der Waals surface area contributed by atoms with Crippen LogP contribution in [0.2, 0.25) is 0 Å². The molecule has 0 saturated carbocycles. The number of carbonyl (C=O) groups is 2. The number of nitrogens with one attached hydrogen (secondary N) is 1. The summed E-state index contributed by atoms with van der Waals surface area (Å²) in [4.78, 5) is 25.8. The van der Waals surface area contributed by atoms with Gasteiger partial charge in [-0.05, 0) is 61.4 Å². The molecule has 5 heteroatoms. The zero-order valence-electron chi connectivity index (χ0n) is 12.8. The minimum Gasteiger partial charge on any atom is -0.322 e. The van der Waals surface area contributed by atoms with Crippen molar-refractivity contribution in [2.45, 2.75) is 19.8 Å². The molecule has 1 heterocycles. The van der Waals surface area contributed by atoms with Crippen LogP contribution in [0.3, 0.4) is 0 Å². The molecule has 0 atom stereocenters. The molecular formula is C18H17BrN2O2. The highest BCUT2D eigenvalue weighted by Gasteiger charge is 2.21. The first-order valence-corrected chi connectivity index (χ1v) is 8.32. The molecule has 0 aliphatic carbocycles. The van der Waals surface area contributed by atoms with E-state index in [9.17, 15) is 9.59 Å². The third kappa shape index (κ3) is 3.45. The third-order valence-corrected chi connectivity index (χ3v) is 4.82. The van der Waals surface area contributed by atoms with Gasteiger partial charge in [0.05, 0.1) is 0 Å². The second-order valence-electron chi connectivity index (χ2n) is 5.61. The van der Waals surface area contributed by atoms with E-state index < -0.39 is 0 Å². The smallest absolute Gasteiger partial charge is 0.255 e. The first-order chi connectivity index (χ1) is 11.0. The average Bonchev–Trinajstić information content (AvgIpc) is 2.97. The Bertz CT molecular complexity index is 756. The molecule has 0 radical (unpaired) electrons. The molecular weight excluding hydrogens is 356 g/mol. The van der Waals surface area contributed by atoms with Crippen LogP contribution >= 0.6 is 15.9 Å². The lowest BCUT2D eigenvalue weighted by molar-refractivity contribution is -0.117. The number of halogens is 1. The molecule has 2 amide bonds. The normalized spacial score (nSPS) is 14.2. The minimum absolute atomic E-state index is 0.146. The Morgan fingerprint density at radius 1 is 1.17 bits per heavy atom. The van der Waals surface area contributed by atoms with E-state index >= 15 is 0 Å². The van der Waals surface area contributed by atoms with E-state index in [0.29, 0.717) is 12.0 Å². The van der Waals surface area contributed by atoms with Crippen molar-refractivity contribution in [3.05, 3.63) is 58.1 Å². The van der Waals surface area contributed by atoms with Crippen LogP contribution < -0.4 is 10.2 Å². The summed E-state index contributed by atoms with van der Waals surface area (Å²) in [6.07, 6.45) is 1.50. The van der Waals surface area contributed by atoms with Crippen LogP contribution in [-0.2, 0) is 4.79 Å². The van der Waals surface area contributed by atoms with Crippen molar-refractivity contribution in [1.29, 1.82) is 0 Å². The van der Waals surface area contributed by atoms with E-state index in [2.05, 4.69) is 21.2 Å². The predicted octanol–water partition coefficient (Wildman–Crippen LogP) is 4.14. The third-order valence-electron chi connectivity index (χ3n) is 3.93. The monoisotopic (exact) mass is 372 g/mol. The zero-order chi connectivity index (χ0) is 16.4. The molecule has 0 bridgehead atoms. The molecule has 1 fully saturated rings. The quantitative estimate of drug-likeness (QED) is 0.879. The number of aryl methyl sites for hydroxylation is 1. The largest absolute Gasteiger partial charge is 0.322 e. The van der Waals surface area contributed by atoms with E-state index in [1.807, 2.05) is 37.3 Å². The fraction of sp³-hybridized carbons (Fsp3) is 0.222. The van der Waals surface area contributed by atoms with Crippen molar-refractivity contribution in [3.8, 4) is 0 Å². The first-order valence-electron chi connectivity index (χ1n) is 7.52. The molecule has 118 valence electrons. The molecule has 3 rings (SSSR count). The van der Waals surface area contributed by atoms with E-state index in [1.165, 1.54) is 0 Å². The van der Waals surface area contributed by atoms with E-state index in [0.717, 1.165) is 34.4 Å². The van der Waals surface area contributed by atoms with Crippen molar-refractivity contribution < 1.29 is 9.59 Å². The van der Waals surface area contributed by atoms with Gasteiger partial charge in [-0.1, -0.05) is 15.9 Å². The van der Waals surface area contributed by atoms with Gasteiger partial charge in [0.1, 0.15) is 0 Å². The van der Waals surface area contributed by atoms with Crippen LogP contribution in [0.4, 0.5) is 11.4 Å². The summed E-state index contributed by atoms with van der Waals surface area (Å²) in [5.74, 6) is -0.0152. The number of amides is 2. The Morgan fingerprint density at radius 2 is 1.91 bits per heavy atom. The SMILES string of the molecule is Cc1cc(NC(=O)c2ccc(N3CCCC3=O)cc2)ccc1Br. The molecule has 1 aliphatic heterocycles. The molecule has 2 aromatic rings. The molecule has 1 saturated heterocycles. The number of benzene rings is 2. The van der Waals surface area contributed by atoms with Gasteiger partial charge in [0, 0.05) is 34.4 Å². The molecule has 2 aromatic carbocycles. The maximum absolute atomic E-state index is 12.3. The van der Waals surface area contributed by atoms with Crippen LogP contribution in [0.5, 0.6) is 0 Å². The van der Waals surface area contributed by atoms with E-state index in [4.69, 9.17) is 0 Å². The van der Waals surface area contributed by atoms with Gasteiger partial charge < -0.3 is 10.2 Å². The molecule has 1 N–H and O–H groups in total. The molecule has 1 aliphatic rings. The Balaban J connectivity index is 1.72. The summed E-state index contributed by atoms with van der Waals surface area (Å²) in [5.41, 5.74) is 3.24. The van der Waals surface area contributed by atoms with Gasteiger partial charge in [-0.25, -0.2) is 0 Å². The maximum Gasteiger partial charge on any atom is 0.255 e. The lowest BCUT2D eigenvalue weighted by Crippen LogP contribution is -2.23. The minimum atomic E-state index is -0.161. The second kappa shape index (κ2) is 6.54. The van der Waals surface area contributed by atoms with E-state index in [-0.39, 0.29) is 11.8 Å². The first kappa shape index (κ1) is 15.7. The molecule has 0 spiro atoms. The van der Waals surface area contributed by atoms with Gasteiger partial charge in [-0.2, -0.15) is 0 Å². The van der Waals surface area contributed by atoms with Crippen molar-refractivity contribution in [3.63, 3.8) is 0 Å². The number of hydrogen-bond donors (Lipinski definition) is 1. The summed E-state index contributed by atoms with van der Waals surface area (Å²) in [6.45, 7) is 2.73. The summed E-state index contributed by atoms with van der Waals surface area (Å²) in [7, 11) is 0. The summed E-state index contributed by atoms with van der Waals surface area (Å²) >= 11 is 3.44. The van der Waals surface area contributed by atoms with Crippen molar-refractivity contribution in [2.75, 3.05) is 16.8 Å². The molecule has 0 unspecified atom stereocenters. The number of rotatable bonds is 3. The number of anilines is 2. The summed E-state index contributed by atoms with van der Waals surface area (Å²) in [6, 6.07) is 12.8. The predicted molar refractivity (Wildman–Crippen MR) is 94.9 cm³/mol. The van der Waals surface area contributed by atoms with Crippen molar-refractivity contribution in [1.82, 2.24) is 0 Å². The maximum atomic E-state index is 12.3. The topological polar surface area (TPSA) is 49.4 Å². The summed E-state index contributed by atoms with van der Waals surface area (Å²) in [5, 5.41) is 2.88. The van der Waals surface area contributed by atoms with Crippen LogP contribution in [0, 0.1) is 6.92 Å². The second-order valence-corrected chi connectivity index (χ2v) is 6.47. The van der Waals surface area contributed by atoms with Gasteiger partial charge >= 0.3 is 0 Å². The molecule has 0 aromatic heterocycles. The van der Waals surface area contributed by atoms with Crippen LogP contribution in [-0.4, -0.2) is 18.4 Å². The standard InChI is InChI=1S/C18H17BrN2O2/c1-12-11-14(6-9-16(12)19)20-18(23)13-4-7-15(8-5-13)21-10-2-3-17(21)22/h4-9,11H,2-3,10H2,1H3,(H,20,23). The highest BCUT2D eigenvalue weighted by atomic mass is 79.9. The summed E-state index contributed by atoms with van der Waals surface area (Å²) < 4.78 is 1.01. The highest BCUT2D eigenvalue weighted by Crippen LogP contribution is 2.23. The Labute approximate surface area is 143 Å². The van der Waals surface area contributed by atoms with Crippen LogP contribution in [0.15, 0.2) is 46.9 Å². The lowest BCUT2D eigenvalue weighted by atomic mass is 10.1. The van der Waals surface area contributed by atoms with Gasteiger partial charge in [-0.3, -0.25) is 9.59 Å². The molecule has 23 heavy (non-hydrogen) atoms. The zero-order valence-corrected chi connectivity index (χ0v) is 14.4. The Hall–Kier alpha value is -2.14. The average molecular weight is 373 g/mol. The van der Waals surface area contributed by atoms with Crippen LogP contribution in [0.1, 0.15) is 28.8 Å². The van der Waals surface area contributed by atoms with Gasteiger partial charge in [0.15, 0.2) is 0 Å². The number of nitrogens with zero attached hydrogens (tertiary/aromatic N) is 1. The Morgan fingerprint density at radius 3 is 2.52 bits per heavy atom. The number of carbonyl (C=O) groups excluding carboxylic acids is 2. The fourth-order valence-electron chi connectivity index (χ4n) is 2.64. The van der Waals surface area contributed by atoms with Gasteiger partial charge in [-0.15, -0.1) is 0 Å². The van der Waals surface area contributed by atoms with Crippen molar-refractivity contribution in [2.24, 2.45) is 0 Å². The van der Waals surface area contributed by atoms with Gasteiger partial charge in [0.2, 0.25) is 5.91 Å². The fourth-order valence-corrected chi connectivity index (χ4v) is 2.89. The Kier molecular flexibility index (Phi) is 4.48. The molecule has 4 nitrogen and oxygen atoms in total. The van der Waals surface area contributed by atoms with Gasteiger partial charge in [0.25, 0.3) is 5.91 Å². The van der Waals surface area contributed by atoms with Crippen LogP contribution in [0.25, 0.3) is 0 Å².